The van der Waals surface area contributed by atoms with E-state index in [0.29, 0.717) is 9.36 Å². The van der Waals surface area contributed by atoms with E-state index < -0.39 is 0 Å². The van der Waals surface area contributed by atoms with Gasteiger partial charge in [-0.05, 0) is 0 Å². The molecule has 0 rings (SSSR count). The van der Waals surface area contributed by atoms with Crippen molar-refractivity contribution in [1.82, 2.24) is 0 Å². The van der Waals surface area contributed by atoms with E-state index >= 15 is 0 Å². The van der Waals surface area contributed by atoms with Crippen molar-refractivity contribution < 1.29 is 9.59 Å². The van der Waals surface area contributed by atoms with Crippen molar-refractivity contribution in [2.24, 2.45) is 0 Å². The third-order valence-corrected chi connectivity index (χ3v) is 12.0. The molecule has 0 aromatic carbocycles. The molecule has 4 heteroatoms. The number of hydrogen-bond donors (Lipinski definition) is 0. The van der Waals surface area contributed by atoms with Gasteiger partial charge in [0.25, 0.3) is 0 Å². The van der Waals surface area contributed by atoms with Gasteiger partial charge in [0.2, 0.25) is 0 Å². The van der Waals surface area contributed by atoms with Gasteiger partial charge in [-0.15, -0.1) is 0 Å². The monoisotopic (exact) mass is 526 g/mol. The van der Waals surface area contributed by atoms with Crippen molar-refractivity contribution in [3.63, 3.8) is 0 Å². The Balaban J connectivity index is 3.32. The molecule has 0 spiro atoms. The van der Waals surface area contributed by atoms with Crippen molar-refractivity contribution >= 4 is 35.6 Å². The Bertz CT molecular complexity index is 325. The van der Waals surface area contributed by atoms with Crippen LogP contribution in [0.3, 0.4) is 0 Å². The fourth-order valence-electron chi connectivity index (χ4n) is 3.34. The summed E-state index contributed by atoms with van der Waals surface area (Å²) < 4.78 is 0.770. The third-order valence-electron chi connectivity index (χ3n) is 5.20. The van der Waals surface area contributed by atoms with Gasteiger partial charge < -0.3 is 0 Å². The van der Waals surface area contributed by atoms with E-state index in [0.717, 1.165) is 25.7 Å². The molecule has 0 fully saturated rings. The Morgan fingerprint density at radius 3 is 0.964 bits per heavy atom. The van der Waals surface area contributed by atoms with Crippen LogP contribution < -0.4 is 0 Å². The molecule has 0 N–H and O–H groups in total. The van der Waals surface area contributed by atoms with Crippen molar-refractivity contribution in [1.29, 1.82) is 0 Å². The topological polar surface area (TPSA) is 34.1 Å². The van der Waals surface area contributed by atoms with Crippen LogP contribution in [-0.4, -0.2) is 35.6 Å². The van der Waals surface area contributed by atoms with E-state index in [4.69, 9.17) is 0 Å². The van der Waals surface area contributed by atoms with Crippen molar-refractivity contribution in [2.75, 3.05) is 0 Å². The summed E-state index contributed by atoms with van der Waals surface area (Å²) in [4.78, 5) is 23.9. The fourth-order valence-corrected chi connectivity index (χ4v) is 8.53. The van der Waals surface area contributed by atoms with Gasteiger partial charge >= 0.3 is 187 Å². The Morgan fingerprint density at radius 2 is 0.679 bits per heavy atom. The molecule has 0 heterocycles. The van der Waals surface area contributed by atoms with Gasteiger partial charge in [0, 0.05) is 0 Å². The molecule has 0 unspecified atom stereocenters. The number of carbonyl (C=O) groups is 2. The van der Waals surface area contributed by atoms with Crippen LogP contribution in [-0.2, 0) is 9.59 Å². The maximum atomic E-state index is 12.0. The van der Waals surface area contributed by atoms with E-state index in [9.17, 15) is 9.59 Å². The summed E-state index contributed by atoms with van der Waals surface area (Å²) in [7, 11) is 0. The molecule has 0 aliphatic heterocycles. The first-order chi connectivity index (χ1) is 13.7. The van der Waals surface area contributed by atoms with Crippen LogP contribution in [0.2, 0.25) is 0 Å². The zero-order chi connectivity index (χ0) is 20.7. The quantitative estimate of drug-likeness (QED) is 0.105. The molecule has 28 heavy (non-hydrogen) atoms. The van der Waals surface area contributed by atoms with E-state index in [1.54, 1.807) is 0 Å². The molecule has 0 aliphatic carbocycles. The zero-order valence-electron chi connectivity index (χ0n) is 18.8. The molecule has 0 aromatic heterocycles. The normalized spacial score (nSPS) is 11.1. The van der Waals surface area contributed by atoms with E-state index in [1.807, 2.05) is 0 Å². The molecule has 166 valence electrons. The Labute approximate surface area is 187 Å². The molecule has 2 nitrogen and oxygen atoms in total. The summed E-state index contributed by atoms with van der Waals surface area (Å²) in [5.74, 6) is 0. The summed E-state index contributed by atoms with van der Waals surface area (Å²) in [6.07, 6.45) is 24.7. The fraction of sp³-hybridized carbons (Fsp3) is 0.917. The molecular weight excluding hydrogens is 478 g/mol. The number of unbranched alkanes of at least 4 members (excludes halogenated alkanes) is 16. The molecule has 0 atom stereocenters. The first-order valence-electron chi connectivity index (χ1n) is 12.1. The predicted octanol–water partition coefficient (Wildman–Crippen LogP) is 7.20. The van der Waals surface area contributed by atoms with Gasteiger partial charge in [-0.3, -0.25) is 0 Å². The molecule has 0 amide bonds. The van der Waals surface area contributed by atoms with Crippen molar-refractivity contribution in [3.05, 3.63) is 0 Å². The summed E-state index contributed by atoms with van der Waals surface area (Å²) in [5.41, 5.74) is 0. The second kappa shape index (κ2) is 23.7. The number of rotatable bonds is 23. The molecule has 0 aliphatic rings. The minimum atomic E-state index is -0.0382. The van der Waals surface area contributed by atoms with Gasteiger partial charge in [-0.1, -0.05) is 0 Å². The second-order valence-electron chi connectivity index (χ2n) is 8.07. The van der Waals surface area contributed by atoms with Gasteiger partial charge in [0.1, 0.15) is 0 Å². The summed E-state index contributed by atoms with van der Waals surface area (Å²) >= 11 is -0.0764. The third kappa shape index (κ3) is 22.7. The molecule has 0 saturated carbocycles. The predicted molar refractivity (Wildman–Crippen MR) is 125 cm³/mol. The maximum absolute atomic E-state index is 12.0. The van der Waals surface area contributed by atoms with E-state index in [1.165, 1.54) is 103 Å². The second-order valence-corrected chi connectivity index (χ2v) is 14.3. The first-order valence-corrected chi connectivity index (χ1v) is 18.2. The van der Waals surface area contributed by atoms with E-state index in [2.05, 4.69) is 13.8 Å². The van der Waals surface area contributed by atoms with Crippen molar-refractivity contribution in [2.45, 2.75) is 142 Å². The standard InChI is InChI=1S/C24H46O2Se2/c1-3-5-7-9-11-13-15-17-19-21-23(25)27-28-24(26)22-20-18-16-14-12-10-8-6-4-2/h3-22H2,1-2H3. The zero-order valence-corrected chi connectivity index (χ0v) is 22.2. The van der Waals surface area contributed by atoms with Crippen LogP contribution in [0.4, 0.5) is 0 Å². The van der Waals surface area contributed by atoms with Crippen LogP contribution in [0.5, 0.6) is 0 Å². The Hall–Kier alpha value is 0.379. The molecule has 0 saturated heterocycles. The number of hydrogen-bond acceptors (Lipinski definition) is 2. The Kier molecular flexibility index (Phi) is 24.0. The van der Waals surface area contributed by atoms with Crippen LogP contribution in [0, 0.1) is 0 Å². The summed E-state index contributed by atoms with van der Waals surface area (Å²) in [6.45, 7) is 4.51. The van der Waals surface area contributed by atoms with Crippen LogP contribution in [0.1, 0.15) is 142 Å². The Morgan fingerprint density at radius 1 is 0.429 bits per heavy atom. The first kappa shape index (κ1) is 28.4. The van der Waals surface area contributed by atoms with Gasteiger partial charge in [0.15, 0.2) is 0 Å². The van der Waals surface area contributed by atoms with E-state index in [-0.39, 0.29) is 26.3 Å². The average molecular weight is 525 g/mol. The molecule has 0 radical (unpaired) electrons. The van der Waals surface area contributed by atoms with Gasteiger partial charge in [0.05, 0.1) is 0 Å². The van der Waals surface area contributed by atoms with Crippen LogP contribution >= 0.6 is 0 Å². The van der Waals surface area contributed by atoms with Crippen LogP contribution in [0.25, 0.3) is 0 Å². The minimum absolute atomic E-state index is 0.0382. The van der Waals surface area contributed by atoms with Crippen LogP contribution in [0.15, 0.2) is 0 Å². The van der Waals surface area contributed by atoms with Crippen molar-refractivity contribution in [3.8, 4) is 0 Å². The molecule has 0 aromatic rings. The molecular formula is C24H46O2Se2. The summed E-state index contributed by atoms with van der Waals surface area (Å²) in [5, 5.41) is 0. The SMILES string of the molecule is CCCCCCCCCCCC(=O)[Se][Se]C(=O)CCCCCCCCCCC. The summed E-state index contributed by atoms with van der Waals surface area (Å²) in [6, 6.07) is 0. The number of carbonyl (C=O) groups excluding carboxylic acids is 2. The van der Waals surface area contributed by atoms with Gasteiger partial charge in [-0.2, -0.15) is 0 Å². The van der Waals surface area contributed by atoms with Gasteiger partial charge in [-0.25, -0.2) is 0 Å². The molecule has 0 bridgehead atoms. The average Bonchev–Trinajstić information content (AvgIpc) is 2.69.